The van der Waals surface area contributed by atoms with Crippen molar-refractivity contribution in [3.05, 3.63) is 0 Å². The Hall–Kier alpha value is -0.570. The van der Waals surface area contributed by atoms with Crippen molar-refractivity contribution in [2.45, 2.75) is 51.0 Å². The predicted molar refractivity (Wildman–Crippen MR) is 52.1 cm³/mol. The molecule has 2 rings (SSSR count). The van der Waals surface area contributed by atoms with Crippen molar-refractivity contribution >= 4 is 5.97 Å². The molecule has 0 amide bonds. The number of aliphatic carboxylic acids is 1. The first-order valence-corrected chi connectivity index (χ1v) is 5.61. The van der Waals surface area contributed by atoms with Crippen LogP contribution in [0.4, 0.5) is 0 Å². The zero-order chi connectivity index (χ0) is 10.0. The fraction of sp³-hybridized carbons (Fsp3) is 0.909. The highest BCUT2D eigenvalue weighted by Crippen LogP contribution is 2.45. The summed E-state index contributed by atoms with van der Waals surface area (Å²) in [6.45, 7) is 0.750. The number of carboxylic acids is 1. The molecule has 2 fully saturated rings. The molecule has 1 aliphatic heterocycles. The second-order valence-corrected chi connectivity index (χ2v) is 4.52. The molecule has 0 aromatic heterocycles. The Morgan fingerprint density at radius 2 is 1.93 bits per heavy atom. The van der Waals surface area contributed by atoms with Crippen molar-refractivity contribution in [3.8, 4) is 0 Å². The van der Waals surface area contributed by atoms with Crippen LogP contribution < -0.4 is 0 Å². The van der Waals surface area contributed by atoms with E-state index in [1.54, 1.807) is 0 Å². The van der Waals surface area contributed by atoms with Crippen LogP contribution in [-0.4, -0.2) is 23.8 Å². The lowest BCUT2D eigenvalue weighted by Gasteiger charge is -2.36. The van der Waals surface area contributed by atoms with Crippen LogP contribution >= 0.6 is 0 Å². The number of carbonyl (C=O) groups is 1. The molecule has 2 aliphatic rings. The summed E-state index contributed by atoms with van der Waals surface area (Å²) in [6, 6.07) is 0. The van der Waals surface area contributed by atoms with Crippen molar-refractivity contribution in [2.75, 3.05) is 6.61 Å². The fourth-order valence-corrected chi connectivity index (χ4v) is 2.86. The van der Waals surface area contributed by atoms with Crippen LogP contribution in [-0.2, 0) is 9.53 Å². The molecule has 1 heterocycles. The van der Waals surface area contributed by atoms with E-state index in [1.165, 1.54) is 0 Å². The van der Waals surface area contributed by atoms with E-state index in [-0.39, 0.29) is 6.10 Å². The minimum atomic E-state index is -0.637. The first-order chi connectivity index (χ1) is 6.76. The van der Waals surface area contributed by atoms with Gasteiger partial charge in [0.2, 0.25) is 0 Å². The fourth-order valence-electron chi connectivity index (χ4n) is 2.86. The van der Waals surface area contributed by atoms with Crippen molar-refractivity contribution in [1.82, 2.24) is 0 Å². The van der Waals surface area contributed by atoms with Crippen LogP contribution in [0.3, 0.4) is 0 Å². The van der Waals surface area contributed by atoms with Crippen LogP contribution in [0.1, 0.15) is 44.9 Å². The van der Waals surface area contributed by atoms with Gasteiger partial charge in [-0.05, 0) is 32.1 Å². The first-order valence-electron chi connectivity index (χ1n) is 5.61. The second kappa shape index (κ2) is 3.89. The molecule has 0 aromatic rings. The third-order valence-corrected chi connectivity index (χ3v) is 3.72. The average molecular weight is 198 g/mol. The van der Waals surface area contributed by atoms with Gasteiger partial charge in [-0.1, -0.05) is 12.8 Å². The zero-order valence-corrected chi connectivity index (χ0v) is 8.50. The Labute approximate surface area is 84.4 Å². The Morgan fingerprint density at radius 3 is 2.43 bits per heavy atom. The van der Waals surface area contributed by atoms with E-state index in [4.69, 9.17) is 4.74 Å². The van der Waals surface area contributed by atoms with Crippen LogP contribution in [0.15, 0.2) is 0 Å². The van der Waals surface area contributed by atoms with Crippen LogP contribution in [0, 0.1) is 5.41 Å². The van der Waals surface area contributed by atoms with Gasteiger partial charge in [0, 0.05) is 6.61 Å². The number of hydrogen-bond acceptors (Lipinski definition) is 2. The summed E-state index contributed by atoms with van der Waals surface area (Å²) in [6.07, 6.45) is 6.85. The Kier molecular flexibility index (Phi) is 2.77. The summed E-state index contributed by atoms with van der Waals surface area (Å²) in [5.41, 5.74) is -0.541. The number of ether oxygens (including phenoxy) is 1. The Morgan fingerprint density at radius 1 is 1.21 bits per heavy atom. The topological polar surface area (TPSA) is 46.5 Å². The SMILES string of the molecule is O=C(O)C1(C2CCCCO2)CCCC1. The van der Waals surface area contributed by atoms with E-state index >= 15 is 0 Å². The third kappa shape index (κ3) is 1.54. The van der Waals surface area contributed by atoms with Gasteiger partial charge >= 0.3 is 5.97 Å². The standard InChI is InChI=1S/C11H18O3/c12-10(13)11(6-2-3-7-11)9-5-1-4-8-14-9/h9H,1-8H2,(H,12,13). The lowest BCUT2D eigenvalue weighted by atomic mass is 9.77. The molecule has 1 atom stereocenters. The molecule has 1 N–H and O–H groups in total. The zero-order valence-electron chi connectivity index (χ0n) is 8.50. The van der Waals surface area contributed by atoms with Gasteiger partial charge < -0.3 is 9.84 Å². The minimum Gasteiger partial charge on any atom is -0.481 e. The predicted octanol–water partition coefficient (Wildman–Crippen LogP) is 2.20. The molecule has 1 saturated carbocycles. The van der Waals surface area contributed by atoms with Gasteiger partial charge in [0.05, 0.1) is 11.5 Å². The van der Waals surface area contributed by atoms with Crippen LogP contribution in [0.2, 0.25) is 0 Å². The Bertz CT molecular complexity index is 213. The summed E-state index contributed by atoms with van der Waals surface area (Å²) < 4.78 is 5.65. The summed E-state index contributed by atoms with van der Waals surface area (Å²) in [5, 5.41) is 9.34. The minimum absolute atomic E-state index is 0.0174. The van der Waals surface area contributed by atoms with Gasteiger partial charge in [0.25, 0.3) is 0 Å². The molecule has 14 heavy (non-hydrogen) atoms. The maximum atomic E-state index is 11.3. The van der Waals surface area contributed by atoms with E-state index in [2.05, 4.69) is 0 Å². The molecule has 80 valence electrons. The lowest BCUT2D eigenvalue weighted by molar-refractivity contribution is -0.162. The molecule has 0 spiro atoms. The van der Waals surface area contributed by atoms with Crippen molar-refractivity contribution in [1.29, 1.82) is 0 Å². The third-order valence-electron chi connectivity index (χ3n) is 3.72. The monoisotopic (exact) mass is 198 g/mol. The van der Waals surface area contributed by atoms with Crippen molar-refractivity contribution in [3.63, 3.8) is 0 Å². The maximum Gasteiger partial charge on any atom is 0.312 e. The molecule has 1 saturated heterocycles. The van der Waals surface area contributed by atoms with Gasteiger partial charge in [-0.3, -0.25) is 4.79 Å². The van der Waals surface area contributed by atoms with Gasteiger partial charge in [-0.25, -0.2) is 0 Å². The highest BCUT2D eigenvalue weighted by Gasteiger charge is 2.48. The highest BCUT2D eigenvalue weighted by atomic mass is 16.5. The molecule has 0 radical (unpaired) electrons. The van der Waals surface area contributed by atoms with E-state index in [1.807, 2.05) is 0 Å². The quantitative estimate of drug-likeness (QED) is 0.740. The second-order valence-electron chi connectivity index (χ2n) is 4.52. The summed E-state index contributed by atoms with van der Waals surface area (Å²) in [4.78, 5) is 11.3. The maximum absolute atomic E-state index is 11.3. The molecular formula is C11H18O3. The van der Waals surface area contributed by atoms with Crippen molar-refractivity contribution < 1.29 is 14.6 Å². The first kappa shape index (κ1) is 9.97. The Balaban J connectivity index is 2.12. The summed E-state index contributed by atoms with van der Waals surface area (Å²) >= 11 is 0. The molecule has 1 unspecified atom stereocenters. The highest BCUT2D eigenvalue weighted by molar-refractivity contribution is 5.75. The number of carboxylic acid groups (broad SMARTS) is 1. The largest absolute Gasteiger partial charge is 0.481 e. The molecule has 1 aliphatic carbocycles. The van der Waals surface area contributed by atoms with E-state index < -0.39 is 11.4 Å². The summed E-state index contributed by atoms with van der Waals surface area (Å²) in [7, 11) is 0. The average Bonchev–Trinajstić information content (AvgIpc) is 2.69. The van der Waals surface area contributed by atoms with E-state index in [0.29, 0.717) is 0 Å². The van der Waals surface area contributed by atoms with E-state index in [9.17, 15) is 9.90 Å². The molecule has 0 bridgehead atoms. The molecule has 3 heteroatoms. The smallest absolute Gasteiger partial charge is 0.312 e. The summed E-state index contributed by atoms with van der Waals surface area (Å²) in [5.74, 6) is -0.637. The lowest BCUT2D eigenvalue weighted by Crippen LogP contribution is -2.43. The number of rotatable bonds is 2. The molecule has 0 aromatic carbocycles. The van der Waals surface area contributed by atoms with Gasteiger partial charge in [0.1, 0.15) is 0 Å². The molecule has 3 nitrogen and oxygen atoms in total. The van der Waals surface area contributed by atoms with Crippen LogP contribution in [0.5, 0.6) is 0 Å². The van der Waals surface area contributed by atoms with Crippen molar-refractivity contribution in [2.24, 2.45) is 5.41 Å². The van der Waals surface area contributed by atoms with E-state index in [0.717, 1.165) is 51.6 Å². The molecular weight excluding hydrogens is 180 g/mol. The van der Waals surface area contributed by atoms with Gasteiger partial charge in [-0.2, -0.15) is 0 Å². The van der Waals surface area contributed by atoms with Gasteiger partial charge in [0.15, 0.2) is 0 Å². The normalized spacial score (nSPS) is 31.6. The van der Waals surface area contributed by atoms with Crippen LogP contribution in [0.25, 0.3) is 0 Å². The number of hydrogen-bond donors (Lipinski definition) is 1. The van der Waals surface area contributed by atoms with Gasteiger partial charge in [-0.15, -0.1) is 0 Å².